The number of nitrogens with zero attached hydrogens (tertiary/aromatic N) is 5. The molecule has 0 radical (unpaired) electrons. The fourth-order valence-corrected chi connectivity index (χ4v) is 3.88. The van der Waals surface area contributed by atoms with E-state index >= 15 is 0 Å². The normalized spacial score (nSPS) is 16.2. The molecule has 5 rings (SSSR count). The summed E-state index contributed by atoms with van der Waals surface area (Å²) in [4.78, 5) is 32.1. The molecule has 7 heteroatoms. The number of nitrogens with one attached hydrogen (secondary N) is 1. The Morgan fingerprint density at radius 3 is 2.50 bits per heavy atom. The number of likely N-dealkylation sites (tertiary alicyclic amines) is 1. The quantitative estimate of drug-likeness (QED) is 0.758. The first-order valence-electron chi connectivity index (χ1n) is 9.58. The van der Waals surface area contributed by atoms with Crippen molar-refractivity contribution in [3.63, 3.8) is 0 Å². The number of hydrogen-bond acceptors (Lipinski definition) is 6. The maximum Gasteiger partial charge on any atom is 0.257 e. The number of carbonyl (C=O) groups is 1. The van der Waals surface area contributed by atoms with E-state index in [1.165, 1.54) is 50.6 Å². The zero-order valence-corrected chi connectivity index (χ0v) is 15.4. The lowest BCUT2D eigenvalue weighted by molar-refractivity contribution is -0.111. The Morgan fingerprint density at radius 2 is 1.71 bits per heavy atom. The Kier molecular flexibility index (Phi) is 4.29. The molecule has 2 aliphatic rings. The molecule has 3 aromatic rings. The third-order valence-electron chi connectivity index (χ3n) is 5.31. The molecule has 1 saturated heterocycles. The van der Waals surface area contributed by atoms with Crippen LogP contribution in [0.4, 0.5) is 5.69 Å². The first kappa shape index (κ1) is 16.9. The largest absolute Gasteiger partial charge is 0.322 e. The van der Waals surface area contributed by atoms with Gasteiger partial charge >= 0.3 is 0 Å². The second-order valence-corrected chi connectivity index (χ2v) is 7.23. The standard InChI is InChI=1S/C21H20N6O/c28-21(16-10-17-18-19(16)23-13-25-20(18)24-12-22-17)26-15-6-4-14(5-7-15)11-27-8-2-1-3-9-27/h4-7,10,12-13H,1-3,8-9,11H2,(H,26,28). The summed E-state index contributed by atoms with van der Waals surface area (Å²) >= 11 is 0. The van der Waals surface area contributed by atoms with Crippen LogP contribution in [0.5, 0.6) is 0 Å². The fraction of sp³-hybridized carbons (Fsp3) is 0.286. The summed E-state index contributed by atoms with van der Waals surface area (Å²) in [6, 6.07) is 8.07. The monoisotopic (exact) mass is 372 g/mol. The van der Waals surface area contributed by atoms with Gasteiger partial charge in [0.05, 0.1) is 22.3 Å². The summed E-state index contributed by atoms with van der Waals surface area (Å²) in [5.74, 6) is -0.207. The Hall–Kier alpha value is -3.19. The SMILES string of the molecule is O=C(Nc1ccc(CN2CCCCC2)cc1)C1=Cc2ncnc3ncnc1c23. The van der Waals surface area contributed by atoms with Crippen molar-refractivity contribution in [3.8, 4) is 0 Å². The molecule has 0 unspecified atom stereocenters. The van der Waals surface area contributed by atoms with Crippen molar-refractivity contribution in [2.45, 2.75) is 25.8 Å². The molecule has 3 heterocycles. The van der Waals surface area contributed by atoms with Crippen molar-refractivity contribution >= 4 is 34.3 Å². The summed E-state index contributed by atoms with van der Waals surface area (Å²) in [5, 5.41) is 3.69. The first-order chi connectivity index (χ1) is 13.8. The van der Waals surface area contributed by atoms with Gasteiger partial charge in [-0.1, -0.05) is 18.6 Å². The van der Waals surface area contributed by atoms with Crippen molar-refractivity contribution in [2.75, 3.05) is 18.4 Å². The van der Waals surface area contributed by atoms with Gasteiger partial charge in [-0.15, -0.1) is 0 Å². The third kappa shape index (κ3) is 3.14. The number of anilines is 1. The van der Waals surface area contributed by atoms with Crippen LogP contribution in [-0.2, 0) is 11.3 Å². The van der Waals surface area contributed by atoms with Gasteiger partial charge in [0.15, 0.2) is 5.65 Å². The minimum atomic E-state index is -0.207. The molecule has 28 heavy (non-hydrogen) atoms. The average Bonchev–Trinajstić information content (AvgIpc) is 3.11. The van der Waals surface area contributed by atoms with Crippen molar-refractivity contribution in [3.05, 3.63) is 53.9 Å². The second kappa shape index (κ2) is 7.09. The highest BCUT2D eigenvalue weighted by molar-refractivity contribution is 6.33. The number of carbonyl (C=O) groups excluding carboxylic acids is 1. The van der Waals surface area contributed by atoms with Gasteiger partial charge in [0.25, 0.3) is 5.91 Å². The van der Waals surface area contributed by atoms with E-state index < -0.39 is 0 Å². The molecule has 2 aromatic heterocycles. The summed E-state index contributed by atoms with van der Waals surface area (Å²) in [5.41, 5.74) is 4.33. The van der Waals surface area contributed by atoms with Crippen molar-refractivity contribution in [1.82, 2.24) is 24.8 Å². The molecule has 1 aliphatic carbocycles. The number of piperidine rings is 1. The zero-order valence-electron chi connectivity index (χ0n) is 15.4. The molecule has 0 atom stereocenters. The zero-order chi connectivity index (χ0) is 18.9. The van der Waals surface area contributed by atoms with Gasteiger partial charge in [-0.2, -0.15) is 0 Å². The van der Waals surface area contributed by atoms with E-state index in [2.05, 4.69) is 42.3 Å². The number of benzene rings is 1. The highest BCUT2D eigenvalue weighted by atomic mass is 16.1. The van der Waals surface area contributed by atoms with Crippen LogP contribution >= 0.6 is 0 Å². The van der Waals surface area contributed by atoms with E-state index in [-0.39, 0.29) is 5.91 Å². The smallest absolute Gasteiger partial charge is 0.257 e. The van der Waals surface area contributed by atoms with Crippen LogP contribution in [0.3, 0.4) is 0 Å². The number of aromatic nitrogens is 4. The Balaban J connectivity index is 1.31. The lowest BCUT2D eigenvalue weighted by Crippen LogP contribution is -2.29. The van der Waals surface area contributed by atoms with Gasteiger partial charge in [0.1, 0.15) is 12.7 Å². The number of amides is 1. The molecule has 0 bridgehead atoms. The molecule has 0 spiro atoms. The number of rotatable bonds is 4. The van der Waals surface area contributed by atoms with E-state index in [1.807, 2.05) is 12.1 Å². The Morgan fingerprint density at radius 1 is 0.964 bits per heavy atom. The topological polar surface area (TPSA) is 83.9 Å². The van der Waals surface area contributed by atoms with Crippen molar-refractivity contribution in [1.29, 1.82) is 0 Å². The minimum Gasteiger partial charge on any atom is -0.322 e. The third-order valence-corrected chi connectivity index (χ3v) is 5.31. The summed E-state index contributed by atoms with van der Waals surface area (Å²) in [6.45, 7) is 3.30. The summed E-state index contributed by atoms with van der Waals surface area (Å²) < 4.78 is 0. The maximum atomic E-state index is 12.8. The molecule has 1 aromatic carbocycles. The van der Waals surface area contributed by atoms with Crippen LogP contribution in [0.2, 0.25) is 0 Å². The molecule has 7 nitrogen and oxygen atoms in total. The van der Waals surface area contributed by atoms with Crippen LogP contribution in [-0.4, -0.2) is 43.8 Å². The maximum absolute atomic E-state index is 12.8. The Bertz CT molecular complexity index is 1060. The van der Waals surface area contributed by atoms with E-state index in [4.69, 9.17) is 0 Å². The van der Waals surface area contributed by atoms with Crippen LogP contribution in [0.25, 0.3) is 22.7 Å². The van der Waals surface area contributed by atoms with Gasteiger partial charge in [-0.05, 0) is 49.7 Å². The van der Waals surface area contributed by atoms with Crippen LogP contribution in [0, 0.1) is 0 Å². The van der Waals surface area contributed by atoms with Gasteiger partial charge in [0, 0.05) is 12.2 Å². The van der Waals surface area contributed by atoms with Crippen LogP contribution < -0.4 is 5.32 Å². The molecule has 1 fully saturated rings. The van der Waals surface area contributed by atoms with Gasteiger partial charge < -0.3 is 5.32 Å². The second-order valence-electron chi connectivity index (χ2n) is 7.23. The summed E-state index contributed by atoms with van der Waals surface area (Å²) in [7, 11) is 0. The predicted octanol–water partition coefficient (Wildman–Crippen LogP) is 2.90. The van der Waals surface area contributed by atoms with Crippen LogP contribution in [0.15, 0.2) is 36.9 Å². The summed E-state index contributed by atoms with van der Waals surface area (Å²) in [6.07, 6.45) is 8.53. The number of hydrogen-bond donors (Lipinski definition) is 1. The van der Waals surface area contributed by atoms with Crippen molar-refractivity contribution in [2.24, 2.45) is 0 Å². The minimum absolute atomic E-state index is 0.207. The lowest BCUT2D eigenvalue weighted by atomic mass is 10.1. The van der Waals surface area contributed by atoms with E-state index in [0.29, 0.717) is 22.6 Å². The highest BCUT2D eigenvalue weighted by Crippen LogP contribution is 2.32. The molecule has 0 saturated carbocycles. The highest BCUT2D eigenvalue weighted by Gasteiger charge is 2.25. The molecular weight excluding hydrogens is 352 g/mol. The average molecular weight is 372 g/mol. The first-order valence-corrected chi connectivity index (χ1v) is 9.58. The molecule has 140 valence electrons. The molecule has 1 aliphatic heterocycles. The van der Waals surface area contributed by atoms with E-state index in [1.54, 1.807) is 6.08 Å². The van der Waals surface area contributed by atoms with Crippen molar-refractivity contribution < 1.29 is 4.79 Å². The van der Waals surface area contributed by atoms with Gasteiger partial charge in [-0.3, -0.25) is 9.69 Å². The van der Waals surface area contributed by atoms with Gasteiger partial charge in [0.2, 0.25) is 0 Å². The molecule has 1 amide bonds. The van der Waals surface area contributed by atoms with Crippen LogP contribution in [0.1, 0.15) is 36.2 Å². The van der Waals surface area contributed by atoms with E-state index in [9.17, 15) is 4.79 Å². The molecule has 1 N–H and O–H groups in total. The predicted molar refractivity (Wildman–Crippen MR) is 107 cm³/mol. The van der Waals surface area contributed by atoms with E-state index in [0.717, 1.165) is 17.6 Å². The lowest BCUT2D eigenvalue weighted by Gasteiger charge is -2.26. The Labute approximate surface area is 162 Å². The van der Waals surface area contributed by atoms with Gasteiger partial charge in [-0.25, -0.2) is 19.9 Å². The fourth-order valence-electron chi connectivity index (χ4n) is 3.88. The molecular formula is C21H20N6O.